The number of benzene rings is 3. The topological polar surface area (TPSA) is 75.6 Å². The van der Waals surface area contributed by atoms with Crippen molar-refractivity contribution in [2.24, 2.45) is 5.92 Å². The van der Waals surface area contributed by atoms with E-state index in [9.17, 15) is 14.7 Å². The predicted octanol–water partition coefficient (Wildman–Crippen LogP) is 6.49. The Balaban J connectivity index is 1.57. The van der Waals surface area contributed by atoms with Gasteiger partial charge in [-0.05, 0) is 72.5 Å². The first-order valence-electron chi connectivity index (χ1n) is 13.1. The number of fused-ring (bicyclic) bond motifs is 1. The van der Waals surface area contributed by atoms with E-state index in [1.807, 2.05) is 25.2 Å². The second-order valence-electron chi connectivity index (χ2n) is 9.87. The number of ether oxygens (including phenoxy) is 1. The minimum atomic E-state index is -0.212. The largest absolute Gasteiger partial charge is 0.504 e. The van der Waals surface area contributed by atoms with Crippen molar-refractivity contribution >= 4 is 28.4 Å². The Morgan fingerprint density at radius 3 is 2.57 bits per heavy atom. The van der Waals surface area contributed by atoms with Crippen LogP contribution in [-0.4, -0.2) is 37.4 Å². The molecule has 2 N–H and O–H groups in total. The summed E-state index contributed by atoms with van der Waals surface area (Å²) in [5.74, 6) is 0.855. The molecule has 0 aliphatic carbocycles. The molecule has 37 heavy (non-hydrogen) atoms. The van der Waals surface area contributed by atoms with Crippen LogP contribution < -0.4 is 10.1 Å². The standard InChI is InChI=1S/C32H39NO4/c1-23(22-33-2)9-5-4-6-12-29(34)21-30(35)16-14-25-19-28(32(36)31(20-25)37-3)18-24-13-15-26-10-7-8-11-27(26)17-24/h7-8,10-11,13-17,19-20,23,33,36H,4-6,9,12,18,21-22H2,1-3H3. The van der Waals surface area contributed by atoms with E-state index in [1.54, 1.807) is 12.1 Å². The summed E-state index contributed by atoms with van der Waals surface area (Å²) < 4.78 is 5.37. The molecule has 0 radical (unpaired) electrons. The third-order valence-electron chi connectivity index (χ3n) is 6.64. The monoisotopic (exact) mass is 501 g/mol. The van der Waals surface area contributed by atoms with Crippen molar-refractivity contribution in [1.82, 2.24) is 5.32 Å². The molecule has 196 valence electrons. The van der Waals surface area contributed by atoms with Crippen LogP contribution in [-0.2, 0) is 16.0 Å². The number of hydrogen-bond acceptors (Lipinski definition) is 5. The van der Waals surface area contributed by atoms with Gasteiger partial charge in [0.25, 0.3) is 0 Å². The second kappa shape index (κ2) is 14.3. The molecule has 3 rings (SSSR count). The molecule has 0 saturated carbocycles. The van der Waals surface area contributed by atoms with E-state index in [1.165, 1.54) is 13.2 Å². The smallest absolute Gasteiger partial charge is 0.163 e. The van der Waals surface area contributed by atoms with Crippen LogP contribution in [0, 0.1) is 5.92 Å². The lowest BCUT2D eigenvalue weighted by Crippen LogP contribution is -2.15. The number of carbonyl (C=O) groups is 2. The minimum absolute atomic E-state index is 0.0156. The summed E-state index contributed by atoms with van der Waals surface area (Å²) in [6, 6.07) is 17.9. The fourth-order valence-corrected chi connectivity index (χ4v) is 4.62. The van der Waals surface area contributed by atoms with Crippen molar-refractivity contribution < 1.29 is 19.4 Å². The van der Waals surface area contributed by atoms with E-state index in [4.69, 9.17) is 4.74 Å². The molecule has 0 saturated heterocycles. The van der Waals surface area contributed by atoms with Gasteiger partial charge in [-0.25, -0.2) is 0 Å². The van der Waals surface area contributed by atoms with Gasteiger partial charge in [-0.2, -0.15) is 0 Å². The van der Waals surface area contributed by atoms with E-state index < -0.39 is 0 Å². The van der Waals surface area contributed by atoms with Crippen LogP contribution in [0.25, 0.3) is 16.8 Å². The molecule has 3 aromatic rings. The highest BCUT2D eigenvalue weighted by molar-refractivity contribution is 6.06. The van der Waals surface area contributed by atoms with Gasteiger partial charge < -0.3 is 15.2 Å². The molecule has 0 aromatic heterocycles. The normalized spacial score (nSPS) is 12.2. The van der Waals surface area contributed by atoms with Gasteiger partial charge in [0, 0.05) is 18.4 Å². The second-order valence-corrected chi connectivity index (χ2v) is 9.87. The molecule has 0 aliphatic rings. The molecule has 5 heteroatoms. The third kappa shape index (κ3) is 8.87. The maximum Gasteiger partial charge on any atom is 0.163 e. The van der Waals surface area contributed by atoms with Gasteiger partial charge in [-0.3, -0.25) is 9.59 Å². The van der Waals surface area contributed by atoms with Crippen LogP contribution in [0.5, 0.6) is 11.5 Å². The maximum atomic E-state index is 12.4. The van der Waals surface area contributed by atoms with Gasteiger partial charge in [0.2, 0.25) is 0 Å². The van der Waals surface area contributed by atoms with Crippen LogP contribution in [0.15, 0.2) is 60.7 Å². The number of phenols is 1. The van der Waals surface area contributed by atoms with Crippen molar-refractivity contribution in [2.45, 2.75) is 51.9 Å². The Morgan fingerprint density at radius 1 is 1.03 bits per heavy atom. The maximum absolute atomic E-state index is 12.4. The average molecular weight is 502 g/mol. The molecule has 0 aliphatic heterocycles. The summed E-state index contributed by atoms with van der Waals surface area (Å²) in [5, 5.41) is 16.2. The molecule has 1 unspecified atom stereocenters. The minimum Gasteiger partial charge on any atom is -0.504 e. The van der Waals surface area contributed by atoms with E-state index in [2.05, 4.69) is 42.6 Å². The fraction of sp³-hybridized carbons (Fsp3) is 0.375. The van der Waals surface area contributed by atoms with Crippen molar-refractivity contribution in [3.8, 4) is 11.5 Å². The quantitative estimate of drug-likeness (QED) is 0.141. The number of aromatic hydroxyl groups is 1. The molecular weight excluding hydrogens is 462 g/mol. The lowest BCUT2D eigenvalue weighted by molar-refractivity contribution is -0.124. The number of phenolic OH excluding ortho intramolecular Hbond substituents is 1. The molecular formula is C32H39NO4. The Morgan fingerprint density at radius 2 is 1.81 bits per heavy atom. The number of allylic oxidation sites excluding steroid dienone is 1. The number of ketones is 2. The van der Waals surface area contributed by atoms with Crippen molar-refractivity contribution in [3.05, 3.63) is 77.4 Å². The Kier molecular flexibility index (Phi) is 10.9. The van der Waals surface area contributed by atoms with Crippen LogP contribution in [0.4, 0.5) is 0 Å². The van der Waals surface area contributed by atoms with E-state index in [-0.39, 0.29) is 23.7 Å². The zero-order valence-corrected chi connectivity index (χ0v) is 22.3. The lowest BCUT2D eigenvalue weighted by atomic mass is 9.98. The fourth-order valence-electron chi connectivity index (χ4n) is 4.62. The van der Waals surface area contributed by atoms with Crippen LogP contribution in [0.1, 0.15) is 62.1 Å². The third-order valence-corrected chi connectivity index (χ3v) is 6.64. The van der Waals surface area contributed by atoms with Crippen molar-refractivity contribution in [3.63, 3.8) is 0 Å². The van der Waals surface area contributed by atoms with Gasteiger partial charge in [-0.1, -0.05) is 68.3 Å². The van der Waals surface area contributed by atoms with Gasteiger partial charge in [0.1, 0.15) is 5.78 Å². The first kappa shape index (κ1) is 28.1. The molecule has 0 bridgehead atoms. The Bertz CT molecular complexity index is 1230. The van der Waals surface area contributed by atoms with Gasteiger partial charge in [-0.15, -0.1) is 0 Å². The lowest BCUT2D eigenvalue weighted by Gasteiger charge is -2.11. The SMILES string of the molecule is CNCC(C)CCCCCC(=O)CC(=O)C=Cc1cc(Cc2ccc3ccccc3c2)c(O)c(OC)c1. The zero-order valence-electron chi connectivity index (χ0n) is 22.3. The first-order valence-corrected chi connectivity index (χ1v) is 13.1. The Labute approximate surface area is 220 Å². The van der Waals surface area contributed by atoms with Crippen molar-refractivity contribution in [2.75, 3.05) is 20.7 Å². The van der Waals surface area contributed by atoms with Gasteiger partial charge in [0.05, 0.1) is 13.5 Å². The molecule has 0 amide bonds. The summed E-state index contributed by atoms with van der Waals surface area (Å²) in [6.45, 7) is 3.24. The molecule has 0 fully saturated rings. The first-order chi connectivity index (χ1) is 17.9. The summed E-state index contributed by atoms with van der Waals surface area (Å²) in [6.07, 6.45) is 8.12. The average Bonchev–Trinajstić information content (AvgIpc) is 2.88. The Hall–Kier alpha value is -3.44. The predicted molar refractivity (Wildman–Crippen MR) is 151 cm³/mol. The molecule has 0 heterocycles. The number of carbonyl (C=O) groups excluding carboxylic acids is 2. The van der Waals surface area contributed by atoms with Crippen molar-refractivity contribution in [1.29, 1.82) is 0 Å². The molecule has 0 spiro atoms. The molecule has 3 aromatic carbocycles. The zero-order chi connectivity index (χ0) is 26.6. The number of nitrogens with one attached hydrogen (secondary N) is 1. The summed E-state index contributed by atoms with van der Waals surface area (Å²) >= 11 is 0. The van der Waals surface area contributed by atoms with Gasteiger partial charge in [0.15, 0.2) is 17.3 Å². The summed E-state index contributed by atoms with van der Waals surface area (Å²) in [5.41, 5.74) is 2.51. The molecule has 1 atom stereocenters. The van der Waals surface area contributed by atoms with E-state index in [0.717, 1.165) is 54.1 Å². The van der Waals surface area contributed by atoms with Crippen LogP contribution in [0.3, 0.4) is 0 Å². The van der Waals surface area contributed by atoms with E-state index >= 15 is 0 Å². The number of rotatable bonds is 15. The van der Waals surface area contributed by atoms with E-state index in [0.29, 0.717) is 30.1 Å². The van der Waals surface area contributed by atoms with Crippen LogP contribution in [0.2, 0.25) is 0 Å². The molecule has 5 nitrogen and oxygen atoms in total. The van der Waals surface area contributed by atoms with Gasteiger partial charge >= 0.3 is 0 Å². The summed E-state index contributed by atoms with van der Waals surface area (Å²) in [4.78, 5) is 24.6. The number of unbranched alkanes of at least 4 members (excludes halogenated alkanes) is 2. The highest BCUT2D eigenvalue weighted by Crippen LogP contribution is 2.34. The van der Waals surface area contributed by atoms with Crippen LogP contribution >= 0.6 is 0 Å². The number of Topliss-reactive ketones (excluding diaryl/α,β-unsaturated/α-hetero) is 1. The highest BCUT2D eigenvalue weighted by Gasteiger charge is 2.12. The number of hydrogen-bond donors (Lipinski definition) is 2. The number of methoxy groups -OCH3 is 1. The highest BCUT2D eigenvalue weighted by atomic mass is 16.5. The summed E-state index contributed by atoms with van der Waals surface area (Å²) in [7, 11) is 3.47.